The highest BCUT2D eigenvalue weighted by molar-refractivity contribution is 6.36. The number of alkyl halides is 2. The number of amides is 1. The molecule has 168 valence electrons. The number of fused-ring (bicyclic) bond motifs is 2. The molecule has 4 aromatic rings. The van der Waals surface area contributed by atoms with E-state index in [0.717, 1.165) is 0 Å². The first kappa shape index (κ1) is 21.9. The first-order valence-corrected chi connectivity index (χ1v) is 10.4. The van der Waals surface area contributed by atoms with E-state index in [1.807, 2.05) is 0 Å². The van der Waals surface area contributed by atoms with Crippen molar-refractivity contribution in [2.45, 2.75) is 38.7 Å². The highest BCUT2D eigenvalue weighted by atomic mass is 35.5. The van der Waals surface area contributed by atoms with E-state index in [1.54, 1.807) is 28.9 Å². The third-order valence-corrected chi connectivity index (χ3v) is 5.20. The molecule has 32 heavy (non-hydrogen) atoms. The van der Waals surface area contributed by atoms with Gasteiger partial charge in [-0.25, -0.2) is 18.2 Å². The average molecular weight is 465 g/mol. The molecule has 1 saturated carbocycles. The van der Waals surface area contributed by atoms with Crippen molar-refractivity contribution in [1.82, 2.24) is 19.6 Å². The quantitative estimate of drug-likeness (QED) is 0.330. The maximum atomic E-state index is 15.0. The zero-order valence-electron chi connectivity index (χ0n) is 17.0. The third kappa shape index (κ3) is 4.36. The van der Waals surface area contributed by atoms with Gasteiger partial charge in [0.1, 0.15) is 5.65 Å². The molecule has 0 aliphatic heterocycles. The van der Waals surface area contributed by atoms with Crippen LogP contribution in [0.25, 0.3) is 27.7 Å². The molecule has 0 bridgehead atoms. The normalized spacial score (nSPS) is 13.7. The summed E-state index contributed by atoms with van der Waals surface area (Å²) in [5.74, 6) is -0.511. The molecule has 1 amide bonds. The first-order chi connectivity index (χ1) is 15.4. The second kappa shape index (κ2) is 9.07. The Hall–Kier alpha value is -3.27. The number of aromatic nitrogens is 4. The Morgan fingerprint density at radius 3 is 2.66 bits per heavy atom. The van der Waals surface area contributed by atoms with Gasteiger partial charge in [-0.2, -0.15) is 5.10 Å². The molecule has 3 aromatic heterocycles. The number of imidazole rings is 1. The fourth-order valence-corrected chi connectivity index (χ4v) is 3.40. The zero-order chi connectivity index (χ0) is 22.8. The van der Waals surface area contributed by atoms with E-state index in [9.17, 15) is 13.6 Å². The van der Waals surface area contributed by atoms with Gasteiger partial charge in [0.15, 0.2) is 11.6 Å². The van der Waals surface area contributed by atoms with Crippen molar-refractivity contribution in [3.63, 3.8) is 0 Å². The molecule has 1 fully saturated rings. The van der Waals surface area contributed by atoms with Gasteiger partial charge in [0.25, 0.3) is 6.43 Å². The lowest BCUT2D eigenvalue weighted by atomic mass is 10.0. The fraction of sp³-hybridized carbons (Fsp3) is 0.286. The molecule has 0 spiro atoms. The van der Waals surface area contributed by atoms with Crippen LogP contribution in [0.5, 0.6) is 0 Å². The molecule has 7 nitrogen and oxygen atoms in total. The zero-order valence-corrected chi connectivity index (χ0v) is 17.8. The second-order valence-electron chi connectivity index (χ2n) is 7.44. The number of hydrogen-bond acceptors (Lipinski definition) is 4. The van der Waals surface area contributed by atoms with Gasteiger partial charge >= 0.3 is 0 Å². The SMILES string of the molecule is C1CC1.CC(Nc1c(F)c(Cl)c(-c2ccc3nc(NC=O)cn3c2)c2cn[nH]c12)C(F)F. The number of carbonyl (C=O) groups excluding carboxylic acids is 1. The van der Waals surface area contributed by atoms with Crippen molar-refractivity contribution in [2.75, 3.05) is 10.6 Å². The third-order valence-electron chi connectivity index (χ3n) is 4.84. The van der Waals surface area contributed by atoms with Crippen molar-refractivity contribution in [3.05, 3.63) is 41.6 Å². The predicted molar refractivity (Wildman–Crippen MR) is 118 cm³/mol. The number of anilines is 2. The molecule has 5 rings (SSSR count). The Morgan fingerprint density at radius 2 is 2.00 bits per heavy atom. The van der Waals surface area contributed by atoms with Gasteiger partial charge in [-0.3, -0.25) is 9.89 Å². The van der Waals surface area contributed by atoms with Crippen LogP contribution in [-0.4, -0.2) is 38.5 Å². The van der Waals surface area contributed by atoms with Crippen LogP contribution in [0.3, 0.4) is 0 Å². The van der Waals surface area contributed by atoms with E-state index in [-0.39, 0.29) is 16.2 Å². The predicted octanol–water partition coefficient (Wildman–Crippen LogP) is 5.47. The largest absolute Gasteiger partial charge is 0.373 e. The van der Waals surface area contributed by atoms with Crippen LogP contribution < -0.4 is 10.6 Å². The highest BCUT2D eigenvalue weighted by Crippen LogP contribution is 2.41. The summed E-state index contributed by atoms with van der Waals surface area (Å²) in [6, 6.07) is 2.08. The Morgan fingerprint density at radius 1 is 1.25 bits per heavy atom. The van der Waals surface area contributed by atoms with E-state index in [4.69, 9.17) is 11.6 Å². The summed E-state index contributed by atoms with van der Waals surface area (Å²) in [6.07, 6.45) is 7.02. The number of pyridine rings is 1. The van der Waals surface area contributed by atoms with Crippen LogP contribution in [0, 0.1) is 5.82 Å². The number of H-pyrrole nitrogens is 1. The Bertz CT molecular complexity index is 1270. The van der Waals surface area contributed by atoms with Crippen molar-refractivity contribution < 1.29 is 18.0 Å². The van der Waals surface area contributed by atoms with E-state index in [0.29, 0.717) is 34.4 Å². The summed E-state index contributed by atoms with van der Waals surface area (Å²) in [5, 5.41) is 11.7. The van der Waals surface area contributed by atoms with Crippen molar-refractivity contribution in [3.8, 4) is 11.1 Å². The summed E-state index contributed by atoms with van der Waals surface area (Å²) in [7, 11) is 0. The van der Waals surface area contributed by atoms with Gasteiger partial charge < -0.3 is 15.0 Å². The maximum absolute atomic E-state index is 15.0. The number of carbonyl (C=O) groups is 1. The lowest BCUT2D eigenvalue weighted by Gasteiger charge is -2.18. The molecule has 0 radical (unpaired) electrons. The summed E-state index contributed by atoms with van der Waals surface area (Å²) in [4.78, 5) is 14.8. The Kier molecular flexibility index (Phi) is 6.22. The minimum atomic E-state index is -2.69. The lowest BCUT2D eigenvalue weighted by molar-refractivity contribution is -0.105. The van der Waals surface area contributed by atoms with Gasteiger partial charge in [-0.15, -0.1) is 0 Å². The van der Waals surface area contributed by atoms with E-state index >= 15 is 4.39 Å². The number of aromatic amines is 1. The number of rotatable bonds is 6. The monoisotopic (exact) mass is 464 g/mol. The van der Waals surface area contributed by atoms with Crippen LogP contribution in [-0.2, 0) is 4.79 Å². The number of nitrogens with one attached hydrogen (secondary N) is 3. The molecule has 1 aliphatic carbocycles. The number of benzene rings is 1. The minimum absolute atomic E-state index is 0.166. The number of halogens is 4. The standard InChI is InChI=1S/C18H14ClF3N6O.C3H6/c1-8(18(21)22)25-17-15(20)14(19)13(10-4-24-27-16(10)17)9-2-3-12-26-11(23-7-29)6-28(12)5-9;1-2-3-1/h2-8,18,25H,1H3,(H,23,29)(H,24,27);1-3H2. The minimum Gasteiger partial charge on any atom is -0.373 e. The number of hydrogen-bond donors (Lipinski definition) is 3. The Labute approximate surface area is 186 Å². The van der Waals surface area contributed by atoms with Crippen molar-refractivity contribution in [1.29, 1.82) is 0 Å². The molecule has 1 aromatic carbocycles. The molecule has 3 N–H and O–H groups in total. The molecular weight excluding hydrogens is 445 g/mol. The van der Waals surface area contributed by atoms with E-state index in [2.05, 4.69) is 25.8 Å². The van der Waals surface area contributed by atoms with Gasteiger partial charge in [-0.1, -0.05) is 30.9 Å². The van der Waals surface area contributed by atoms with Crippen molar-refractivity contribution in [2.24, 2.45) is 0 Å². The van der Waals surface area contributed by atoms with Crippen LogP contribution in [0.15, 0.2) is 30.7 Å². The van der Waals surface area contributed by atoms with Crippen LogP contribution in [0.4, 0.5) is 24.7 Å². The van der Waals surface area contributed by atoms with Crippen molar-refractivity contribution >= 4 is 46.1 Å². The molecule has 3 heterocycles. The smallest absolute Gasteiger partial charge is 0.258 e. The maximum Gasteiger partial charge on any atom is 0.258 e. The lowest BCUT2D eigenvalue weighted by Crippen LogP contribution is -2.24. The molecule has 1 unspecified atom stereocenters. The van der Waals surface area contributed by atoms with Gasteiger partial charge in [0.05, 0.1) is 34.7 Å². The van der Waals surface area contributed by atoms with Crippen LogP contribution in [0.1, 0.15) is 26.2 Å². The molecule has 1 atom stereocenters. The summed E-state index contributed by atoms with van der Waals surface area (Å²) in [6.45, 7) is 1.24. The molecule has 0 saturated heterocycles. The average Bonchev–Trinajstić information content (AvgIpc) is 3.48. The van der Waals surface area contributed by atoms with Gasteiger partial charge in [0.2, 0.25) is 6.41 Å². The summed E-state index contributed by atoms with van der Waals surface area (Å²) >= 11 is 6.31. The molecular formula is C21H20ClF3N6O. The van der Waals surface area contributed by atoms with Gasteiger partial charge in [-0.05, 0) is 19.1 Å². The van der Waals surface area contributed by atoms with Gasteiger partial charge in [0, 0.05) is 22.7 Å². The summed E-state index contributed by atoms with van der Waals surface area (Å²) < 4.78 is 42.6. The fourth-order valence-electron chi connectivity index (χ4n) is 3.09. The van der Waals surface area contributed by atoms with Crippen LogP contribution >= 0.6 is 11.6 Å². The molecule has 11 heteroatoms. The second-order valence-corrected chi connectivity index (χ2v) is 7.81. The Balaban J connectivity index is 0.000000754. The molecule has 1 aliphatic rings. The van der Waals surface area contributed by atoms with E-state index in [1.165, 1.54) is 32.4 Å². The summed E-state index contributed by atoms with van der Waals surface area (Å²) in [5.41, 5.74) is 1.52. The van der Waals surface area contributed by atoms with Crippen LogP contribution in [0.2, 0.25) is 5.02 Å². The first-order valence-electron chi connectivity index (χ1n) is 9.98. The highest BCUT2D eigenvalue weighted by Gasteiger charge is 2.24. The van der Waals surface area contributed by atoms with E-state index < -0.39 is 18.3 Å². The topological polar surface area (TPSA) is 87.1 Å². The number of nitrogens with zero attached hydrogens (tertiary/aromatic N) is 3.